The maximum absolute atomic E-state index is 12.1. The first-order valence-electron chi connectivity index (χ1n) is 5.92. The highest BCUT2D eigenvalue weighted by atomic mass is 16.5. The summed E-state index contributed by atoms with van der Waals surface area (Å²) in [5.74, 6) is 5.09. The van der Waals surface area contributed by atoms with Crippen LogP contribution in [0.2, 0.25) is 0 Å². The van der Waals surface area contributed by atoms with Crippen molar-refractivity contribution < 1.29 is 14.6 Å². The number of methoxy groups -OCH3 is 1. The third-order valence-corrected chi connectivity index (χ3v) is 2.68. The number of rotatable bonds is 4. The van der Waals surface area contributed by atoms with E-state index < -0.39 is 0 Å². The van der Waals surface area contributed by atoms with Crippen LogP contribution in [-0.4, -0.2) is 54.3 Å². The van der Waals surface area contributed by atoms with Gasteiger partial charge in [0.25, 0.3) is 5.91 Å². The van der Waals surface area contributed by atoms with E-state index in [1.54, 1.807) is 31.2 Å². The molecule has 1 aromatic rings. The van der Waals surface area contributed by atoms with Crippen molar-refractivity contribution in [2.24, 2.45) is 0 Å². The van der Waals surface area contributed by atoms with Gasteiger partial charge in [0.15, 0.2) is 0 Å². The summed E-state index contributed by atoms with van der Waals surface area (Å²) in [6.07, 6.45) is 1.52. The average molecular weight is 262 g/mol. The second kappa shape index (κ2) is 7.52. The molecule has 5 nitrogen and oxygen atoms in total. The lowest BCUT2D eigenvalue weighted by Gasteiger charge is -2.23. The molecule has 0 aliphatic carbocycles. The lowest BCUT2D eigenvalue weighted by molar-refractivity contribution is 0.0628. The van der Waals surface area contributed by atoms with Crippen molar-refractivity contribution in [1.29, 1.82) is 0 Å². The Morgan fingerprint density at radius 2 is 2.32 bits per heavy atom. The van der Waals surface area contributed by atoms with Gasteiger partial charge in [-0.2, -0.15) is 0 Å². The maximum atomic E-state index is 12.1. The molecular weight excluding hydrogens is 244 g/mol. The molecule has 1 aromatic heterocycles. The van der Waals surface area contributed by atoms with Crippen LogP contribution in [0.4, 0.5) is 0 Å². The summed E-state index contributed by atoms with van der Waals surface area (Å²) in [4.78, 5) is 17.8. The number of likely N-dealkylation sites (N-methyl/N-ethyl adjacent to an activating group) is 1. The van der Waals surface area contributed by atoms with Gasteiger partial charge in [0.1, 0.15) is 12.3 Å². The Bertz CT molecular complexity index is 474. The minimum absolute atomic E-state index is 0.0202. The van der Waals surface area contributed by atoms with E-state index in [0.29, 0.717) is 17.9 Å². The normalized spacial score (nSPS) is 11.4. The summed E-state index contributed by atoms with van der Waals surface area (Å²) >= 11 is 0. The first kappa shape index (κ1) is 15.2. The van der Waals surface area contributed by atoms with Crippen molar-refractivity contribution in [3.8, 4) is 11.8 Å². The topological polar surface area (TPSA) is 62.7 Å². The third kappa shape index (κ3) is 4.36. The standard InChI is InChI=1S/C14H18N2O3/c1-11(10-19-3)16(2)14(18)13-7-6-12(9-15-13)5-4-8-17/h6-7,9,11,17H,8,10H2,1-3H3. The molecule has 0 aliphatic heterocycles. The summed E-state index contributed by atoms with van der Waals surface area (Å²) in [7, 11) is 3.31. The van der Waals surface area contributed by atoms with Gasteiger partial charge in [0, 0.05) is 25.9 Å². The van der Waals surface area contributed by atoms with Gasteiger partial charge in [-0.15, -0.1) is 0 Å². The monoisotopic (exact) mass is 262 g/mol. The predicted octanol–water partition coefficient (Wildman–Crippen LogP) is 0.532. The Kier molecular flexibility index (Phi) is 6.00. The summed E-state index contributed by atoms with van der Waals surface area (Å²) in [6.45, 7) is 2.18. The fourth-order valence-electron chi connectivity index (χ4n) is 1.47. The SMILES string of the molecule is COCC(C)N(C)C(=O)c1ccc(C#CCO)cn1. The molecule has 0 fully saturated rings. The summed E-state index contributed by atoms with van der Waals surface area (Å²) in [5.41, 5.74) is 1.03. The van der Waals surface area contributed by atoms with Crippen LogP contribution in [0.1, 0.15) is 23.0 Å². The van der Waals surface area contributed by atoms with Crippen LogP contribution >= 0.6 is 0 Å². The van der Waals surface area contributed by atoms with Gasteiger partial charge >= 0.3 is 0 Å². The van der Waals surface area contributed by atoms with Crippen molar-refractivity contribution >= 4 is 5.91 Å². The van der Waals surface area contributed by atoms with Gasteiger partial charge in [-0.25, -0.2) is 4.98 Å². The fraction of sp³-hybridized carbons (Fsp3) is 0.429. The average Bonchev–Trinajstić information content (AvgIpc) is 2.44. The fourth-order valence-corrected chi connectivity index (χ4v) is 1.47. The number of nitrogens with zero attached hydrogens (tertiary/aromatic N) is 2. The second-order valence-corrected chi connectivity index (χ2v) is 4.11. The first-order chi connectivity index (χ1) is 9.10. The van der Waals surface area contributed by atoms with Gasteiger partial charge in [0.05, 0.1) is 12.6 Å². The zero-order valence-electron chi connectivity index (χ0n) is 11.4. The van der Waals surface area contributed by atoms with Crippen LogP contribution in [0.3, 0.4) is 0 Å². The summed E-state index contributed by atoms with van der Waals surface area (Å²) < 4.78 is 5.02. The van der Waals surface area contributed by atoms with E-state index in [0.717, 1.165) is 0 Å². The predicted molar refractivity (Wildman–Crippen MR) is 71.6 cm³/mol. The second-order valence-electron chi connectivity index (χ2n) is 4.11. The maximum Gasteiger partial charge on any atom is 0.272 e. The number of aliphatic hydroxyl groups is 1. The van der Waals surface area contributed by atoms with Gasteiger partial charge in [-0.1, -0.05) is 11.8 Å². The van der Waals surface area contributed by atoms with Crippen molar-refractivity contribution in [2.75, 3.05) is 27.4 Å². The van der Waals surface area contributed by atoms with Crippen LogP contribution in [0.5, 0.6) is 0 Å². The van der Waals surface area contributed by atoms with Crippen LogP contribution in [-0.2, 0) is 4.74 Å². The Balaban J connectivity index is 2.77. The van der Waals surface area contributed by atoms with E-state index in [2.05, 4.69) is 16.8 Å². The van der Waals surface area contributed by atoms with E-state index >= 15 is 0 Å². The molecule has 19 heavy (non-hydrogen) atoms. The van der Waals surface area contributed by atoms with Crippen LogP contribution < -0.4 is 0 Å². The number of pyridine rings is 1. The number of carbonyl (C=O) groups is 1. The van der Waals surface area contributed by atoms with Crippen molar-refractivity contribution in [3.05, 3.63) is 29.6 Å². The number of aromatic nitrogens is 1. The molecule has 1 atom stereocenters. The molecule has 102 valence electrons. The van der Waals surface area contributed by atoms with E-state index in [9.17, 15) is 4.79 Å². The molecule has 5 heteroatoms. The number of aliphatic hydroxyl groups excluding tert-OH is 1. The minimum atomic E-state index is -0.196. The Morgan fingerprint density at radius 1 is 1.58 bits per heavy atom. The molecule has 1 unspecified atom stereocenters. The smallest absolute Gasteiger partial charge is 0.272 e. The molecule has 1 N–H and O–H groups in total. The quantitative estimate of drug-likeness (QED) is 0.804. The van der Waals surface area contributed by atoms with E-state index in [-0.39, 0.29) is 18.6 Å². The molecular formula is C14H18N2O3. The number of hydrogen-bond acceptors (Lipinski definition) is 4. The number of carbonyl (C=O) groups excluding carboxylic acids is 1. The third-order valence-electron chi connectivity index (χ3n) is 2.68. The number of amides is 1. The molecule has 0 aliphatic rings. The first-order valence-corrected chi connectivity index (χ1v) is 5.92. The number of hydrogen-bond donors (Lipinski definition) is 1. The van der Waals surface area contributed by atoms with Gasteiger partial charge < -0.3 is 14.7 Å². The van der Waals surface area contributed by atoms with Crippen molar-refractivity contribution in [3.63, 3.8) is 0 Å². The molecule has 1 amide bonds. The highest BCUT2D eigenvalue weighted by molar-refractivity contribution is 5.92. The molecule has 0 saturated carbocycles. The van der Waals surface area contributed by atoms with Gasteiger partial charge in [0.2, 0.25) is 0 Å². The molecule has 0 bridgehead atoms. The molecule has 0 radical (unpaired) electrons. The van der Waals surface area contributed by atoms with Crippen molar-refractivity contribution in [1.82, 2.24) is 9.88 Å². The summed E-state index contributed by atoms with van der Waals surface area (Å²) in [5, 5.41) is 8.59. The number of ether oxygens (including phenoxy) is 1. The zero-order valence-corrected chi connectivity index (χ0v) is 11.4. The summed E-state index contributed by atoms with van der Waals surface area (Å²) in [6, 6.07) is 3.31. The molecule has 0 saturated heterocycles. The van der Waals surface area contributed by atoms with Crippen LogP contribution in [0, 0.1) is 11.8 Å². The largest absolute Gasteiger partial charge is 0.384 e. The molecule has 1 rings (SSSR count). The highest BCUT2D eigenvalue weighted by Crippen LogP contribution is 2.05. The zero-order chi connectivity index (χ0) is 14.3. The van der Waals surface area contributed by atoms with E-state index in [1.807, 2.05) is 6.92 Å². The minimum Gasteiger partial charge on any atom is -0.384 e. The van der Waals surface area contributed by atoms with E-state index in [4.69, 9.17) is 9.84 Å². The molecule has 1 heterocycles. The lowest BCUT2D eigenvalue weighted by Crippen LogP contribution is -2.38. The van der Waals surface area contributed by atoms with Crippen molar-refractivity contribution in [2.45, 2.75) is 13.0 Å². The lowest BCUT2D eigenvalue weighted by atomic mass is 10.2. The van der Waals surface area contributed by atoms with E-state index in [1.165, 1.54) is 6.20 Å². The molecule has 0 spiro atoms. The molecule has 0 aromatic carbocycles. The highest BCUT2D eigenvalue weighted by Gasteiger charge is 2.18. The van der Waals surface area contributed by atoms with Crippen LogP contribution in [0.15, 0.2) is 18.3 Å². The van der Waals surface area contributed by atoms with Gasteiger partial charge in [-0.3, -0.25) is 4.79 Å². The Hall–Kier alpha value is -1.90. The van der Waals surface area contributed by atoms with Crippen LogP contribution in [0.25, 0.3) is 0 Å². The van der Waals surface area contributed by atoms with Gasteiger partial charge in [-0.05, 0) is 19.1 Å². The Morgan fingerprint density at radius 3 is 2.84 bits per heavy atom. The Labute approximate surface area is 113 Å².